The lowest BCUT2D eigenvalue weighted by Gasteiger charge is -1.84. The van der Waals surface area contributed by atoms with Gasteiger partial charge in [0, 0.05) is 5.56 Å². The van der Waals surface area contributed by atoms with Crippen molar-refractivity contribution in [3.63, 3.8) is 0 Å². The minimum atomic E-state index is 0.658. The van der Waals surface area contributed by atoms with Gasteiger partial charge in [-0.15, -0.1) is 5.92 Å². The third-order valence-corrected chi connectivity index (χ3v) is 1.36. The molecule has 0 saturated carbocycles. The summed E-state index contributed by atoms with van der Waals surface area (Å²) in [6.45, 7) is 1.82. The molecule has 0 aliphatic rings. The van der Waals surface area contributed by atoms with Gasteiger partial charge in [0.2, 0.25) is 0 Å². The number of rotatable bonds is 0. The van der Waals surface area contributed by atoms with E-state index in [1.165, 1.54) is 0 Å². The third-order valence-electron chi connectivity index (χ3n) is 1.36. The second kappa shape index (κ2) is 5.05. The smallest absolute Gasteiger partial charge is 0.0706 e. The van der Waals surface area contributed by atoms with Gasteiger partial charge in [-0.1, -0.05) is 36.0 Å². The fraction of sp³-hybridized carbons (Fsp3) is 0.167. The lowest BCUT2D eigenvalue weighted by molar-refractivity contribution is 1.54. The van der Waals surface area contributed by atoms with Gasteiger partial charge in [0.1, 0.15) is 0 Å². The Bertz CT molecular complexity index is 338. The molecule has 0 heterocycles. The zero-order chi connectivity index (χ0) is 8.65. The summed E-state index contributed by atoms with van der Waals surface area (Å²) in [6.07, 6.45) is 0.658. The molecule has 12 heavy (non-hydrogen) atoms. The van der Waals surface area contributed by atoms with Gasteiger partial charge >= 0.3 is 0 Å². The molecule has 0 aliphatic carbocycles. The zero-order valence-corrected chi connectivity index (χ0v) is 7.09. The minimum Gasteiger partial charge on any atom is -0.106 e. The van der Waals surface area contributed by atoms with Crippen LogP contribution in [0.15, 0.2) is 30.3 Å². The molecule has 0 N–H and O–H groups in total. The summed E-state index contributed by atoms with van der Waals surface area (Å²) >= 11 is 0. The summed E-state index contributed by atoms with van der Waals surface area (Å²) in [6, 6.07) is 9.93. The highest BCUT2D eigenvalue weighted by atomic mass is 13.8. The molecule has 0 spiro atoms. The van der Waals surface area contributed by atoms with E-state index in [9.17, 15) is 0 Å². The number of benzene rings is 1. The van der Waals surface area contributed by atoms with Gasteiger partial charge in [-0.05, 0) is 19.1 Å². The Labute approximate surface area is 73.6 Å². The fourth-order valence-corrected chi connectivity index (χ4v) is 0.800. The summed E-state index contributed by atoms with van der Waals surface area (Å²) in [5.74, 6) is 11.7. The van der Waals surface area contributed by atoms with Crippen LogP contribution in [-0.4, -0.2) is 0 Å². The van der Waals surface area contributed by atoms with Crippen molar-refractivity contribution in [3.8, 4) is 23.7 Å². The van der Waals surface area contributed by atoms with Crippen LogP contribution < -0.4 is 0 Å². The van der Waals surface area contributed by atoms with E-state index in [4.69, 9.17) is 0 Å². The maximum absolute atomic E-state index is 3.03. The summed E-state index contributed by atoms with van der Waals surface area (Å²) < 4.78 is 0. The van der Waals surface area contributed by atoms with E-state index in [1.807, 2.05) is 37.3 Å². The van der Waals surface area contributed by atoms with Crippen molar-refractivity contribution in [2.24, 2.45) is 0 Å². The monoisotopic (exact) mass is 154 g/mol. The van der Waals surface area contributed by atoms with Gasteiger partial charge < -0.3 is 0 Å². The quantitative estimate of drug-likeness (QED) is 0.503. The van der Waals surface area contributed by atoms with Crippen molar-refractivity contribution in [3.05, 3.63) is 35.9 Å². The average Bonchev–Trinajstić information content (AvgIpc) is 2.14. The van der Waals surface area contributed by atoms with Crippen molar-refractivity contribution >= 4 is 0 Å². The van der Waals surface area contributed by atoms with E-state index in [0.29, 0.717) is 6.42 Å². The van der Waals surface area contributed by atoms with Crippen LogP contribution in [0.2, 0.25) is 0 Å². The first kappa shape index (κ1) is 8.44. The average molecular weight is 154 g/mol. The minimum absolute atomic E-state index is 0.658. The molecule has 0 aliphatic heterocycles. The van der Waals surface area contributed by atoms with Crippen LogP contribution in [0.3, 0.4) is 0 Å². The van der Waals surface area contributed by atoms with Crippen molar-refractivity contribution in [1.29, 1.82) is 0 Å². The molecule has 58 valence electrons. The summed E-state index contributed by atoms with van der Waals surface area (Å²) in [4.78, 5) is 0. The van der Waals surface area contributed by atoms with Crippen LogP contribution in [0.5, 0.6) is 0 Å². The highest BCUT2D eigenvalue weighted by Crippen LogP contribution is 1.94. The molecular weight excluding hydrogens is 144 g/mol. The molecule has 0 nitrogen and oxygen atoms in total. The lowest BCUT2D eigenvalue weighted by atomic mass is 10.2. The van der Waals surface area contributed by atoms with Crippen molar-refractivity contribution in [2.45, 2.75) is 13.3 Å². The van der Waals surface area contributed by atoms with Gasteiger partial charge in [0.25, 0.3) is 0 Å². The molecule has 0 heteroatoms. The molecule has 0 amide bonds. The summed E-state index contributed by atoms with van der Waals surface area (Å²) in [7, 11) is 0. The first-order chi connectivity index (χ1) is 5.93. The number of hydrogen-bond acceptors (Lipinski definition) is 0. The molecule has 1 aromatic carbocycles. The first-order valence-corrected chi connectivity index (χ1v) is 3.87. The van der Waals surface area contributed by atoms with Gasteiger partial charge in [0.15, 0.2) is 0 Å². The third kappa shape index (κ3) is 2.95. The van der Waals surface area contributed by atoms with E-state index < -0.39 is 0 Å². The molecule has 1 rings (SSSR count). The second-order valence-corrected chi connectivity index (χ2v) is 2.27. The molecular formula is C12H10. The Morgan fingerprint density at radius 1 is 1.08 bits per heavy atom. The standard InChI is InChI=1S/C12H10/c1-2-3-4-6-9-12-10-7-5-8-11-12/h5,7-8,10-11H,4H2,1H3. The lowest BCUT2D eigenvalue weighted by Crippen LogP contribution is -1.69. The summed E-state index contributed by atoms with van der Waals surface area (Å²) in [5.41, 5.74) is 1.05. The van der Waals surface area contributed by atoms with Crippen LogP contribution in [-0.2, 0) is 0 Å². The Morgan fingerprint density at radius 3 is 2.50 bits per heavy atom. The molecule has 0 fully saturated rings. The SMILES string of the molecule is CC#CCC#Cc1ccccc1. The van der Waals surface area contributed by atoms with Gasteiger partial charge in [-0.25, -0.2) is 0 Å². The topological polar surface area (TPSA) is 0 Å². The van der Waals surface area contributed by atoms with Crippen LogP contribution >= 0.6 is 0 Å². The van der Waals surface area contributed by atoms with Gasteiger partial charge in [-0.3, -0.25) is 0 Å². The fourth-order valence-electron chi connectivity index (χ4n) is 0.800. The Morgan fingerprint density at radius 2 is 1.83 bits per heavy atom. The van der Waals surface area contributed by atoms with E-state index in [2.05, 4.69) is 23.7 Å². The van der Waals surface area contributed by atoms with Crippen LogP contribution in [0.25, 0.3) is 0 Å². The van der Waals surface area contributed by atoms with E-state index in [-0.39, 0.29) is 0 Å². The normalized spacial score (nSPS) is 7.42. The maximum Gasteiger partial charge on any atom is 0.0706 e. The van der Waals surface area contributed by atoms with E-state index >= 15 is 0 Å². The van der Waals surface area contributed by atoms with Crippen LogP contribution in [0.4, 0.5) is 0 Å². The molecule has 0 unspecified atom stereocenters. The molecule has 0 radical (unpaired) electrons. The zero-order valence-electron chi connectivity index (χ0n) is 7.09. The highest BCUT2D eigenvalue weighted by Gasteiger charge is 1.79. The van der Waals surface area contributed by atoms with Crippen molar-refractivity contribution < 1.29 is 0 Å². The molecule has 0 bridgehead atoms. The van der Waals surface area contributed by atoms with Crippen LogP contribution in [0.1, 0.15) is 18.9 Å². The van der Waals surface area contributed by atoms with E-state index in [0.717, 1.165) is 5.56 Å². The largest absolute Gasteiger partial charge is 0.106 e. The van der Waals surface area contributed by atoms with Gasteiger partial charge in [-0.2, -0.15) is 0 Å². The Hall–Kier alpha value is -1.66. The summed E-state index contributed by atoms with van der Waals surface area (Å²) in [5, 5.41) is 0. The Balaban J connectivity index is 2.59. The van der Waals surface area contributed by atoms with Crippen molar-refractivity contribution in [1.82, 2.24) is 0 Å². The number of hydrogen-bond donors (Lipinski definition) is 0. The predicted molar refractivity (Wildman–Crippen MR) is 51.4 cm³/mol. The Kier molecular flexibility index (Phi) is 3.55. The molecule has 1 aromatic rings. The van der Waals surface area contributed by atoms with Crippen LogP contribution in [0, 0.1) is 23.7 Å². The molecule has 0 aromatic heterocycles. The molecule has 0 saturated heterocycles. The molecule has 0 atom stereocenters. The highest BCUT2D eigenvalue weighted by molar-refractivity contribution is 5.34. The first-order valence-electron chi connectivity index (χ1n) is 3.87. The van der Waals surface area contributed by atoms with E-state index in [1.54, 1.807) is 0 Å². The maximum atomic E-state index is 3.03. The van der Waals surface area contributed by atoms with Gasteiger partial charge in [0.05, 0.1) is 6.42 Å². The second-order valence-electron chi connectivity index (χ2n) is 2.27. The predicted octanol–water partition coefficient (Wildman–Crippen LogP) is 2.45. The van der Waals surface area contributed by atoms with Crippen molar-refractivity contribution in [2.75, 3.05) is 0 Å².